The molecular formula is C20H14N6. The van der Waals surface area contributed by atoms with Crippen molar-refractivity contribution in [1.29, 1.82) is 0 Å². The molecule has 0 aliphatic rings. The van der Waals surface area contributed by atoms with E-state index in [1.807, 2.05) is 47.0 Å². The van der Waals surface area contributed by atoms with Crippen molar-refractivity contribution in [3.8, 4) is 22.5 Å². The molecule has 0 radical (unpaired) electrons. The first-order valence-corrected chi connectivity index (χ1v) is 8.19. The number of benzene rings is 1. The minimum Gasteiger partial charge on any atom is -0.381 e. The van der Waals surface area contributed by atoms with Crippen molar-refractivity contribution in [3.05, 3.63) is 73.4 Å². The van der Waals surface area contributed by atoms with E-state index in [1.54, 1.807) is 24.8 Å². The summed E-state index contributed by atoms with van der Waals surface area (Å²) >= 11 is 0. The van der Waals surface area contributed by atoms with Crippen molar-refractivity contribution < 1.29 is 0 Å². The zero-order chi connectivity index (χ0) is 17.5. The first kappa shape index (κ1) is 14.5. The normalized spacial score (nSPS) is 11.2. The molecule has 5 rings (SSSR count). The second-order valence-corrected chi connectivity index (χ2v) is 5.97. The van der Waals surface area contributed by atoms with Gasteiger partial charge in [0.1, 0.15) is 0 Å². The summed E-state index contributed by atoms with van der Waals surface area (Å²) in [5.41, 5.74) is 11.3. The molecule has 0 fully saturated rings. The van der Waals surface area contributed by atoms with Crippen molar-refractivity contribution in [2.75, 3.05) is 5.73 Å². The fraction of sp³-hybridized carbons (Fsp3) is 0. The molecule has 4 aromatic heterocycles. The van der Waals surface area contributed by atoms with Crippen LogP contribution in [-0.4, -0.2) is 24.3 Å². The molecule has 0 amide bonds. The summed E-state index contributed by atoms with van der Waals surface area (Å²) in [7, 11) is 0. The number of anilines is 1. The number of imidazole rings is 1. The van der Waals surface area contributed by atoms with Crippen molar-refractivity contribution in [2.24, 2.45) is 0 Å². The lowest BCUT2D eigenvalue weighted by Gasteiger charge is -2.14. The molecule has 6 heteroatoms. The Labute approximate surface area is 149 Å². The molecule has 5 aromatic rings. The first-order chi connectivity index (χ1) is 12.8. The predicted molar refractivity (Wildman–Crippen MR) is 101 cm³/mol. The number of hydrogen-bond donors (Lipinski definition) is 1. The van der Waals surface area contributed by atoms with E-state index in [1.165, 1.54) is 0 Å². The summed E-state index contributed by atoms with van der Waals surface area (Å²) in [4.78, 5) is 17.6. The van der Waals surface area contributed by atoms with Gasteiger partial charge in [-0.2, -0.15) is 0 Å². The number of hydrogen-bond acceptors (Lipinski definition) is 5. The van der Waals surface area contributed by atoms with Crippen LogP contribution in [0.5, 0.6) is 0 Å². The van der Waals surface area contributed by atoms with Gasteiger partial charge in [0.25, 0.3) is 0 Å². The summed E-state index contributed by atoms with van der Waals surface area (Å²) in [5, 5.41) is 1.06. The maximum Gasteiger partial charge on any atom is 0.180 e. The molecule has 0 aliphatic carbocycles. The van der Waals surface area contributed by atoms with Gasteiger partial charge in [0.2, 0.25) is 0 Å². The average molecular weight is 338 g/mol. The predicted octanol–water partition coefficient (Wildman–Crippen LogP) is 3.59. The molecule has 0 spiro atoms. The van der Waals surface area contributed by atoms with Crippen LogP contribution in [-0.2, 0) is 0 Å². The average Bonchev–Trinajstić information content (AvgIpc) is 3.18. The van der Waals surface area contributed by atoms with Gasteiger partial charge in [0, 0.05) is 47.5 Å². The highest BCUT2D eigenvalue weighted by molar-refractivity contribution is 5.89. The number of nitrogens with two attached hydrogens (primary N) is 1. The highest BCUT2D eigenvalue weighted by Crippen LogP contribution is 2.33. The van der Waals surface area contributed by atoms with Crippen molar-refractivity contribution in [2.45, 2.75) is 0 Å². The van der Waals surface area contributed by atoms with Crippen LogP contribution in [0.2, 0.25) is 0 Å². The van der Waals surface area contributed by atoms with Crippen LogP contribution in [0.1, 0.15) is 0 Å². The molecule has 4 heterocycles. The van der Waals surface area contributed by atoms with Gasteiger partial charge in [-0.05, 0) is 30.3 Å². The number of fused-ring (bicyclic) bond motifs is 2. The van der Waals surface area contributed by atoms with Crippen LogP contribution in [0, 0.1) is 0 Å². The standard InChI is InChI=1S/C20H14N6/c21-19-20-24-9-10-26(20)18(17(25-19)15-4-1-7-22-12-15)14-5-6-16-13(11-14)3-2-8-23-16/h1-12H,(H2,21,25). The zero-order valence-electron chi connectivity index (χ0n) is 13.7. The van der Waals surface area contributed by atoms with Gasteiger partial charge >= 0.3 is 0 Å². The number of nitrogen functional groups attached to an aromatic ring is 1. The Morgan fingerprint density at radius 1 is 0.885 bits per heavy atom. The second-order valence-electron chi connectivity index (χ2n) is 5.97. The van der Waals surface area contributed by atoms with E-state index in [2.05, 4.69) is 26.0 Å². The van der Waals surface area contributed by atoms with E-state index >= 15 is 0 Å². The zero-order valence-corrected chi connectivity index (χ0v) is 13.7. The number of pyridine rings is 2. The Morgan fingerprint density at radius 2 is 1.81 bits per heavy atom. The van der Waals surface area contributed by atoms with Gasteiger partial charge in [-0.15, -0.1) is 0 Å². The van der Waals surface area contributed by atoms with Crippen molar-refractivity contribution >= 4 is 22.4 Å². The SMILES string of the molecule is Nc1nc(-c2cccnc2)c(-c2ccc3ncccc3c2)n2ccnc12. The van der Waals surface area contributed by atoms with E-state index < -0.39 is 0 Å². The summed E-state index contributed by atoms with van der Waals surface area (Å²) in [6.07, 6.45) is 8.95. The molecule has 26 heavy (non-hydrogen) atoms. The Bertz CT molecular complexity index is 1240. The molecule has 6 nitrogen and oxygen atoms in total. The van der Waals surface area contributed by atoms with Crippen LogP contribution in [0.3, 0.4) is 0 Å². The summed E-state index contributed by atoms with van der Waals surface area (Å²) in [6.45, 7) is 0. The molecule has 0 unspecified atom stereocenters. The van der Waals surface area contributed by atoms with E-state index in [4.69, 9.17) is 5.73 Å². The summed E-state index contributed by atoms with van der Waals surface area (Å²) in [5.74, 6) is 0.389. The van der Waals surface area contributed by atoms with Gasteiger partial charge in [-0.3, -0.25) is 14.4 Å². The fourth-order valence-electron chi connectivity index (χ4n) is 3.21. The second kappa shape index (κ2) is 5.63. The lowest BCUT2D eigenvalue weighted by Crippen LogP contribution is -2.03. The van der Waals surface area contributed by atoms with Crippen LogP contribution in [0.15, 0.2) is 73.4 Å². The van der Waals surface area contributed by atoms with Gasteiger partial charge < -0.3 is 5.73 Å². The van der Waals surface area contributed by atoms with Crippen molar-refractivity contribution in [3.63, 3.8) is 0 Å². The molecule has 2 N–H and O–H groups in total. The summed E-state index contributed by atoms with van der Waals surface area (Å²) < 4.78 is 1.97. The topological polar surface area (TPSA) is 82.0 Å². The molecule has 0 bridgehead atoms. The Hall–Kier alpha value is -3.80. The Balaban J connectivity index is 1.87. The molecule has 0 saturated heterocycles. The Morgan fingerprint density at radius 3 is 2.69 bits per heavy atom. The minimum atomic E-state index is 0.389. The van der Waals surface area contributed by atoms with Crippen LogP contribution >= 0.6 is 0 Å². The van der Waals surface area contributed by atoms with Gasteiger partial charge in [0.15, 0.2) is 11.5 Å². The number of rotatable bonds is 2. The third-order valence-corrected chi connectivity index (χ3v) is 4.38. The fourth-order valence-corrected chi connectivity index (χ4v) is 3.21. The quantitative estimate of drug-likeness (QED) is 0.532. The van der Waals surface area contributed by atoms with E-state index in [0.717, 1.165) is 33.4 Å². The third kappa shape index (κ3) is 2.20. The maximum absolute atomic E-state index is 6.15. The van der Waals surface area contributed by atoms with Gasteiger partial charge in [0.05, 0.1) is 16.9 Å². The molecule has 0 saturated carbocycles. The number of aromatic nitrogens is 5. The minimum absolute atomic E-state index is 0.389. The van der Waals surface area contributed by atoms with Crippen LogP contribution < -0.4 is 5.73 Å². The largest absolute Gasteiger partial charge is 0.381 e. The molecular weight excluding hydrogens is 324 g/mol. The van der Waals surface area contributed by atoms with Gasteiger partial charge in [-0.25, -0.2) is 9.97 Å². The monoisotopic (exact) mass is 338 g/mol. The van der Waals surface area contributed by atoms with E-state index in [0.29, 0.717) is 11.5 Å². The highest BCUT2D eigenvalue weighted by atomic mass is 15.1. The maximum atomic E-state index is 6.15. The molecule has 124 valence electrons. The third-order valence-electron chi connectivity index (χ3n) is 4.38. The first-order valence-electron chi connectivity index (χ1n) is 8.19. The molecule has 1 aromatic carbocycles. The highest BCUT2D eigenvalue weighted by Gasteiger charge is 2.17. The van der Waals surface area contributed by atoms with E-state index in [-0.39, 0.29) is 0 Å². The van der Waals surface area contributed by atoms with Gasteiger partial charge in [-0.1, -0.05) is 12.1 Å². The van der Waals surface area contributed by atoms with Crippen LogP contribution in [0.25, 0.3) is 39.1 Å². The smallest absolute Gasteiger partial charge is 0.180 e. The molecule has 0 atom stereocenters. The van der Waals surface area contributed by atoms with Crippen LogP contribution in [0.4, 0.5) is 5.82 Å². The van der Waals surface area contributed by atoms with E-state index in [9.17, 15) is 0 Å². The Kier molecular flexibility index (Phi) is 3.15. The molecule has 0 aliphatic heterocycles. The lowest BCUT2D eigenvalue weighted by molar-refractivity contribution is 1.14. The summed E-state index contributed by atoms with van der Waals surface area (Å²) in [6, 6.07) is 14.0. The lowest BCUT2D eigenvalue weighted by atomic mass is 10.0. The van der Waals surface area contributed by atoms with Crippen molar-refractivity contribution in [1.82, 2.24) is 24.3 Å². The number of nitrogens with zero attached hydrogens (tertiary/aromatic N) is 5.